The van der Waals surface area contributed by atoms with Crippen LogP contribution in [0.4, 0.5) is 4.79 Å². The van der Waals surface area contributed by atoms with Crippen LogP contribution in [0.5, 0.6) is 0 Å². The van der Waals surface area contributed by atoms with Crippen molar-refractivity contribution in [3.63, 3.8) is 0 Å². The highest BCUT2D eigenvalue weighted by atomic mass is 16.8. The number of esters is 1. The molecular formula is C30H56O6. The number of hydrogen-bond donors (Lipinski definition) is 1. The Hall–Kier alpha value is -1.59. The van der Waals surface area contributed by atoms with E-state index in [0.717, 1.165) is 36.5 Å². The molecule has 4 aliphatic rings. The maximum Gasteiger partial charge on any atom is 0.508 e. The number of ether oxygens (including phenoxy) is 2. The number of fused-ring (bicyclic) bond motifs is 5. The fraction of sp³-hybridized carbons (Fsp3) is 0.900. The van der Waals surface area contributed by atoms with Crippen molar-refractivity contribution in [3.05, 3.63) is 0 Å². The molecule has 6 heteroatoms. The molecule has 0 spiro atoms. The van der Waals surface area contributed by atoms with E-state index in [1.54, 1.807) is 6.92 Å². The van der Waals surface area contributed by atoms with Crippen molar-refractivity contribution in [2.24, 2.45) is 46.3 Å². The monoisotopic (exact) mass is 512 g/mol. The normalized spacial score (nSPS) is 38.7. The Morgan fingerprint density at radius 3 is 2.25 bits per heavy atom. The highest BCUT2D eigenvalue weighted by Gasteiger charge is 2.60. The average Bonchev–Trinajstić information content (AvgIpc) is 3.16. The van der Waals surface area contributed by atoms with Gasteiger partial charge in [-0.25, -0.2) is 4.79 Å². The zero-order valence-electron chi connectivity index (χ0n) is 23.5. The summed E-state index contributed by atoms with van der Waals surface area (Å²) in [6.07, 6.45) is 13.2. The van der Waals surface area contributed by atoms with E-state index in [4.69, 9.17) is 9.84 Å². The fourth-order valence-electron chi connectivity index (χ4n) is 8.96. The van der Waals surface area contributed by atoms with Crippen LogP contribution in [0.3, 0.4) is 0 Å². The Balaban J connectivity index is 0.000000756. The van der Waals surface area contributed by atoms with Crippen LogP contribution in [0.25, 0.3) is 0 Å². The summed E-state index contributed by atoms with van der Waals surface area (Å²) in [5, 5.41) is 8.23. The van der Waals surface area contributed by atoms with Crippen molar-refractivity contribution < 1.29 is 33.2 Å². The van der Waals surface area contributed by atoms with E-state index < -0.39 is 18.4 Å². The van der Waals surface area contributed by atoms with Crippen LogP contribution in [0.15, 0.2) is 0 Å². The average molecular weight is 513 g/mol. The van der Waals surface area contributed by atoms with Crippen LogP contribution in [0.1, 0.15) is 123 Å². The quantitative estimate of drug-likeness (QED) is 0.284. The molecule has 0 aliphatic heterocycles. The second-order valence-corrected chi connectivity index (χ2v) is 12.8. The van der Waals surface area contributed by atoms with Gasteiger partial charge in [0, 0.05) is 17.1 Å². The second kappa shape index (κ2) is 11.9. The first-order valence-electron chi connectivity index (χ1n) is 14.5. The van der Waals surface area contributed by atoms with E-state index >= 15 is 0 Å². The molecule has 4 fully saturated rings. The number of carboxylic acid groups (broad SMARTS) is 1. The van der Waals surface area contributed by atoms with Gasteiger partial charge in [0.05, 0.1) is 5.92 Å². The standard InChI is InChI=1S/C21H34O.C9H16O5.3H2/c1-14(22)17-9-10-18-16-8-7-15-6-4-5-12-20(15,2)19(16)11-13-21(17,18)3;1-4-5-6(2)8(10)13-7(3)14-9(11)12;;;/h15-19H,4-13H2,1-3H3;6-7H,4-5H2,1-3H3,(H,11,12);3*1H/t15?,16-,17+,18?,19?,20-,21+;;;;/m0..../s1. The summed E-state index contributed by atoms with van der Waals surface area (Å²) >= 11 is 0. The molecule has 0 aromatic carbocycles. The number of rotatable bonds is 6. The van der Waals surface area contributed by atoms with Gasteiger partial charge in [-0.15, -0.1) is 0 Å². The third kappa shape index (κ3) is 5.93. The van der Waals surface area contributed by atoms with Crippen LogP contribution < -0.4 is 0 Å². The zero-order chi connectivity index (χ0) is 26.7. The van der Waals surface area contributed by atoms with Crippen molar-refractivity contribution in [1.82, 2.24) is 0 Å². The van der Waals surface area contributed by atoms with Gasteiger partial charge in [-0.3, -0.25) is 9.59 Å². The van der Waals surface area contributed by atoms with Gasteiger partial charge in [-0.1, -0.05) is 47.0 Å². The van der Waals surface area contributed by atoms with Crippen LogP contribution >= 0.6 is 0 Å². The fourth-order valence-corrected chi connectivity index (χ4v) is 8.96. The summed E-state index contributed by atoms with van der Waals surface area (Å²) in [4.78, 5) is 33.5. The summed E-state index contributed by atoms with van der Waals surface area (Å²) < 4.78 is 8.96. The minimum atomic E-state index is -1.45. The van der Waals surface area contributed by atoms with Gasteiger partial charge in [0.2, 0.25) is 6.29 Å². The molecule has 0 aromatic heterocycles. The summed E-state index contributed by atoms with van der Waals surface area (Å²) in [7, 11) is 0. The maximum absolute atomic E-state index is 12.2. The Bertz CT molecular complexity index is 810. The van der Waals surface area contributed by atoms with E-state index in [-0.39, 0.29) is 10.2 Å². The van der Waals surface area contributed by atoms with Crippen LogP contribution in [-0.2, 0) is 19.1 Å². The molecule has 36 heavy (non-hydrogen) atoms. The first kappa shape index (κ1) is 29.0. The lowest BCUT2D eigenvalue weighted by Crippen LogP contribution is -2.53. The Labute approximate surface area is 222 Å². The SMILES string of the molecule is CC(=O)[C@H]1CCC2[C@@H]3CCC4CCCC[C@]4(C)C3CC[C@@]21C.CCCC(C)C(=O)OC(C)OC(=O)O.[HH].[HH].[HH]. The molecule has 0 bridgehead atoms. The van der Waals surface area contributed by atoms with Gasteiger partial charge in [-0.05, 0) is 99.2 Å². The highest BCUT2D eigenvalue weighted by molar-refractivity contribution is 5.79. The van der Waals surface area contributed by atoms with Crippen molar-refractivity contribution in [3.8, 4) is 0 Å². The second-order valence-electron chi connectivity index (χ2n) is 12.8. The molecule has 0 aromatic rings. The van der Waals surface area contributed by atoms with Crippen molar-refractivity contribution in [2.45, 2.75) is 125 Å². The van der Waals surface area contributed by atoms with Gasteiger partial charge < -0.3 is 14.6 Å². The number of hydrogen-bond acceptors (Lipinski definition) is 5. The number of ketones is 1. The predicted molar refractivity (Wildman–Crippen MR) is 146 cm³/mol. The molecule has 6 nitrogen and oxygen atoms in total. The minimum absolute atomic E-state index is 0. The minimum Gasteiger partial charge on any atom is -0.450 e. The number of Topliss-reactive ketones (excluding diaryl/α,β-unsaturated/α-hetero) is 1. The van der Waals surface area contributed by atoms with Gasteiger partial charge in [0.25, 0.3) is 0 Å². The van der Waals surface area contributed by atoms with Crippen molar-refractivity contribution in [2.75, 3.05) is 0 Å². The molecule has 0 heterocycles. The summed E-state index contributed by atoms with van der Waals surface area (Å²) in [6.45, 7) is 12.0. The largest absolute Gasteiger partial charge is 0.508 e. The zero-order valence-corrected chi connectivity index (χ0v) is 23.5. The Morgan fingerprint density at radius 1 is 0.917 bits per heavy atom. The van der Waals surface area contributed by atoms with E-state index in [0.29, 0.717) is 22.5 Å². The van der Waals surface area contributed by atoms with Crippen LogP contribution in [0.2, 0.25) is 0 Å². The molecule has 4 aliphatic carbocycles. The van der Waals surface area contributed by atoms with Gasteiger partial charge >= 0.3 is 12.1 Å². The summed E-state index contributed by atoms with van der Waals surface area (Å²) in [5.41, 5.74) is 0.974. The maximum atomic E-state index is 12.2. The van der Waals surface area contributed by atoms with Crippen LogP contribution in [0, 0.1) is 46.3 Å². The predicted octanol–water partition coefficient (Wildman–Crippen LogP) is 8.37. The molecule has 0 radical (unpaired) electrons. The lowest BCUT2D eigenvalue weighted by molar-refractivity contribution is -0.171. The van der Waals surface area contributed by atoms with Gasteiger partial charge in [-0.2, -0.15) is 0 Å². The van der Waals surface area contributed by atoms with Gasteiger partial charge in [0.15, 0.2) is 0 Å². The molecule has 9 atom stereocenters. The van der Waals surface area contributed by atoms with E-state index in [1.165, 1.54) is 71.1 Å². The van der Waals surface area contributed by atoms with Crippen LogP contribution in [-0.4, -0.2) is 29.3 Å². The number of carbonyl (C=O) groups excluding carboxylic acids is 2. The summed E-state index contributed by atoms with van der Waals surface area (Å²) in [5.74, 6) is 3.95. The highest BCUT2D eigenvalue weighted by Crippen LogP contribution is 2.67. The van der Waals surface area contributed by atoms with Crippen molar-refractivity contribution >= 4 is 17.9 Å². The van der Waals surface area contributed by atoms with E-state index in [2.05, 4.69) is 18.6 Å². The molecule has 212 valence electrons. The molecule has 0 amide bonds. The lowest BCUT2D eigenvalue weighted by Gasteiger charge is -2.60. The van der Waals surface area contributed by atoms with E-state index in [9.17, 15) is 14.4 Å². The smallest absolute Gasteiger partial charge is 0.450 e. The van der Waals surface area contributed by atoms with E-state index in [1.807, 2.05) is 13.8 Å². The molecule has 5 unspecified atom stereocenters. The Kier molecular flexibility index (Phi) is 9.54. The third-order valence-corrected chi connectivity index (χ3v) is 10.7. The molecular weight excluding hydrogens is 456 g/mol. The number of carbonyl (C=O) groups is 3. The first-order valence-corrected chi connectivity index (χ1v) is 14.5. The third-order valence-electron chi connectivity index (χ3n) is 10.7. The molecule has 1 N–H and O–H groups in total. The molecule has 4 rings (SSSR count). The Morgan fingerprint density at radius 2 is 1.61 bits per heavy atom. The van der Waals surface area contributed by atoms with Crippen molar-refractivity contribution in [1.29, 1.82) is 0 Å². The molecule has 0 saturated heterocycles. The lowest BCUT2D eigenvalue weighted by atomic mass is 9.45. The topological polar surface area (TPSA) is 89.9 Å². The molecule has 4 saturated carbocycles. The summed E-state index contributed by atoms with van der Waals surface area (Å²) in [6, 6.07) is 0. The van der Waals surface area contributed by atoms with Gasteiger partial charge in [0.1, 0.15) is 5.78 Å². The first-order chi connectivity index (χ1) is 16.9.